The molecule has 0 spiro atoms. The van der Waals surface area contributed by atoms with Crippen LogP contribution in [0.5, 0.6) is 0 Å². The molecule has 2 aliphatic rings. The lowest BCUT2D eigenvalue weighted by atomic mass is 9.81. The number of hydrogen-bond donors (Lipinski definition) is 0. The van der Waals surface area contributed by atoms with Crippen LogP contribution in [0.15, 0.2) is 218 Å². The fourth-order valence-electron chi connectivity index (χ4n) is 10.8. The molecule has 0 radical (unpaired) electrons. The Kier molecular flexibility index (Phi) is 9.22. The minimum absolute atomic E-state index is 0.163. The molecule has 0 fully saturated rings. The van der Waals surface area contributed by atoms with Crippen molar-refractivity contribution in [2.45, 2.75) is 38.5 Å². The minimum Gasteiger partial charge on any atom is -0.310 e. The molecule has 10 aromatic carbocycles. The van der Waals surface area contributed by atoms with Gasteiger partial charge in [0.25, 0.3) is 0 Å². The first-order valence-corrected chi connectivity index (χ1v) is 23.2. The van der Waals surface area contributed by atoms with Crippen LogP contribution in [0.25, 0.3) is 56.0 Å². The normalized spacial score (nSPS) is 13.9. The van der Waals surface area contributed by atoms with Gasteiger partial charge in [-0.15, -0.1) is 0 Å². The Morgan fingerprint density at radius 1 is 0.273 bits per heavy atom. The maximum atomic E-state index is 2.43. The van der Waals surface area contributed by atoms with Gasteiger partial charge in [0.1, 0.15) is 0 Å². The molecule has 0 aliphatic heterocycles. The molecule has 316 valence electrons. The first-order chi connectivity index (χ1) is 32.2. The summed E-state index contributed by atoms with van der Waals surface area (Å²) in [5.41, 5.74) is 19.7. The van der Waals surface area contributed by atoms with Crippen molar-refractivity contribution >= 4 is 67.8 Å². The zero-order valence-electron chi connectivity index (χ0n) is 37.8. The van der Waals surface area contributed by atoms with Crippen LogP contribution in [-0.4, -0.2) is 0 Å². The van der Waals surface area contributed by atoms with Crippen LogP contribution in [0.3, 0.4) is 0 Å². The molecule has 0 saturated heterocycles. The van der Waals surface area contributed by atoms with Crippen molar-refractivity contribution in [1.82, 2.24) is 0 Å². The molecule has 66 heavy (non-hydrogen) atoms. The Balaban J connectivity index is 0.852. The summed E-state index contributed by atoms with van der Waals surface area (Å²) in [7, 11) is 0. The van der Waals surface area contributed by atoms with Gasteiger partial charge in [0.15, 0.2) is 0 Å². The largest absolute Gasteiger partial charge is 0.310 e. The number of rotatable bonds is 8. The molecule has 0 bridgehead atoms. The van der Waals surface area contributed by atoms with Crippen LogP contribution in [0.4, 0.5) is 34.1 Å². The molecular weight excluding hydrogens is 797 g/mol. The Labute approximate surface area is 388 Å². The zero-order chi connectivity index (χ0) is 44.6. The Bertz CT molecular complexity index is 3420. The van der Waals surface area contributed by atoms with Crippen molar-refractivity contribution in [3.05, 3.63) is 252 Å². The molecular formula is C64H50N2. The van der Waals surface area contributed by atoms with Crippen molar-refractivity contribution < 1.29 is 0 Å². The van der Waals surface area contributed by atoms with Crippen molar-refractivity contribution in [3.8, 4) is 22.3 Å². The Hall–Kier alpha value is -7.94. The van der Waals surface area contributed by atoms with Gasteiger partial charge in [0.2, 0.25) is 0 Å². The highest BCUT2D eigenvalue weighted by molar-refractivity contribution is 5.94. The second-order valence-electron chi connectivity index (χ2n) is 19.1. The van der Waals surface area contributed by atoms with Gasteiger partial charge in [0, 0.05) is 45.0 Å². The van der Waals surface area contributed by atoms with Crippen LogP contribution in [0, 0.1) is 0 Å². The fourth-order valence-corrected chi connectivity index (χ4v) is 10.8. The van der Waals surface area contributed by atoms with E-state index < -0.39 is 0 Å². The molecule has 0 amide bonds. The van der Waals surface area contributed by atoms with Crippen molar-refractivity contribution in [1.29, 1.82) is 0 Å². The Morgan fingerprint density at radius 2 is 0.591 bits per heavy atom. The van der Waals surface area contributed by atoms with Crippen molar-refractivity contribution in [2.24, 2.45) is 0 Å². The summed E-state index contributed by atoms with van der Waals surface area (Å²) >= 11 is 0. The van der Waals surface area contributed by atoms with E-state index in [0.29, 0.717) is 0 Å². The average Bonchev–Trinajstić information content (AvgIpc) is 3.72. The van der Waals surface area contributed by atoms with Gasteiger partial charge in [0.05, 0.1) is 0 Å². The second kappa shape index (κ2) is 15.4. The molecule has 2 nitrogen and oxygen atoms in total. The summed E-state index contributed by atoms with van der Waals surface area (Å²) in [6, 6.07) is 80.4. The van der Waals surface area contributed by atoms with E-state index in [1.807, 2.05) is 0 Å². The van der Waals surface area contributed by atoms with Crippen LogP contribution < -0.4 is 9.80 Å². The summed E-state index contributed by atoms with van der Waals surface area (Å²) in [5, 5.41) is 4.94. The Morgan fingerprint density at radius 3 is 1.02 bits per heavy atom. The highest BCUT2D eigenvalue weighted by Crippen LogP contribution is 2.53. The summed E-state index contributed by atoms with van der Waals surface area (Å²) in [4.78, 5) is 4.78. The van der Waals surface area contributed by atoms with Crippen molar-refractivity contribution in [2.75, 3.05) is 9.80 Å². The monoisotopic (exact) mass is 846 g/mol. The molecule has 2 heteroatoms. The molecule has 0 unspecified atom stereocenters. The van der Waals surface area contributed by atoms with E-state index in [1.54, 1.807) is 0 Å². The molecule has 0 heterocycles. The predicted molar refractivity (Wildman–Crippen MR) is 281 cm³/mol. The first kappa shape index (κ1) is 39.6. The van der Waals surface area contributed by atoms with Gasteiger partial charge in [-0.25, -0.2) is 0 Å². The minimum atomic E-state index is -0.193. The molecule has 0 aromatic heterocycles. The molecule has 0 atom stereocenters. The maximum absolute atomic E-state index is 2.43. The molecule has 0 saturated carbocycles. The molecule has 2 aliphatic carbocycles. The van der Waals surface area contributed by atoms with Gasteiger partial charge in [-0.1, -0.05) is 185 Å². The van der Waals surface area contributed by atoms with Gasteiger partial charge < -0.3 is 9.80 Å². The van der Waals surface area contributed by atoms with Crippen LogP contribution in [-0.2, 0) is 10.8 Å². The lowest BCUT2D eigenvalue weighted by molar-refractivity contribution is 0.660. The lowest BCUT2D eigenvalue weighted by Crippen LogP contribution is -2.16. The highest BCUT2D eigenvalue weighted by Gasteiger charge is 2.37. The summed E-state index contributed by atoms with van der Waals surface area (Å²) < 4.78 is 0. The van der Waals surface area contributed by atoms with Gasteiger partial charge in [-0.2, -0.15) is 0 Å². The van der Waals surface area contributed by atoms with E-state index in [2.05, 4.69) is 268 Å². The standard InChI is InChI=1S/C64H50N2/c1-63(2)59-37-43(25-33-55(59)57-35-31-53(41-61(57)63)65(49-19-7-5-8-20-49)50-21-9-6-10-22-50)23-24-44-26-34-56-58-36-32-54(42-62(58)64(3,4)60(56)38-44)66(51-29-27-45-15-11-13-17-47(45)39-51)52-30-28-46-16-12-14-18-48(46)40-52/h5-42H,1-4H3/b24-23+. The van der Waals surface area contributed by atoms with E-state index in [-0.39, 0.29) is 10.8 Å². The van der Waals surface area contributed by atoms with Gasteiger partial charge in [-0.3, -0.25) is 0 Å². The van der Waals surface area contributed by atoms with E-state index in [9.17, 15) is 0 Å². The average molecular weight is 847 g/mol. The number of hydrogen-bond acceptors (Lipinski definition) is 2. The highest BCUT2D eigenvalue weighted by atomic mass is 15.1. The predicted octanol–water partition coefficient (Wildman–Crippen LogP) is 17.7. The SMILES string of the molecule is CC1(C)c2cc(/C=C/c3ccc4c(c3)C(C)(C)c3cc(N(c5ccc6ccccc6c5)c5ccc6ccccc6c5)ccc3-4)ccc2-c2ccc(N(c3ccccc3)c3ccccc3)cc21. The molecule has 12 rings (SSSR count). The van der Waals surface area contributed by atoms with Gasteiger partial charge in [-0.05, 0) is 150 Å². The number of nitrogens with zero attached hydrogens (tertiary/aromatic N) is 2. The van der Waals surface area contributed by atoms with E-state index >= 15 is 0 Å². The third kappa shape index (κ3) is 6.55. The maximum Gasteiger partial charge on any atom is 0.0468 e. The van der Waals surface area contributed by atoms with E-state index in [4.69, 9.17) is 0 Å². The smallest absolute Gasteiger partial charge is 0.0468 e. The number of para-hydroxylation sites is 2. The third-order valence-electron chi connectivity index (χ3n) is 14.4. The molecule has 0 N–H and O–H groups in total. The number of anilines is 6. The molecule has 10 aromatic rings. The number of fused-ring (bicyclic) bond motifs is 8. The van der Waals surface area contributed by atoms with E-state index in [1.165, 1.54) is 77.2 Å². The second-order valence-corrected chi connectivity index (χ2v) is 19.1. The lowest BCUT2D eigenvalue weighted by Gasteiger charge is -2.28. The summed E-state index contributed by atoms with van der Waals surface area (Å²) in [6.07, 6.45) is 4.58. The third-order valence-corrected chi connectivity index (χ3v) is 14.4. The quantitative estimate of drug-likeness (QED) is 0.141. The number of benzene rings is 10. The zero-order valence-corrected chi connectivity index (χ0v) is 37.8. The van der Waals surface area contributed by atoms with Crippen LogP contribution >= 0.6 is 0 Å². The van der Waals surface area contributed by atoms with Crippen LogP contribution in [0.1, 0.15) is 61.1 Å². The first-order valence-electron chi connectivity index (χ1n) is 23.2. The van der Waals surface area contributed by atoms with Gasteiger partial charge >= 0.3 is 0 Å². The summed E-state index contributed by atoms with van der Waals surface area (Å²) in [6.45, 7) is 9.52. The topological polar surface area (TPSA) is 6.48 Å². The van der Waals surface area contributed by atoms with E-state index in [0.717, 1.165) is 34.1 Å². The fraction of sp³-hybridized carbons (Fsp3) is 0.0938. The van der Waals surface area contributed by atoms with Crippen molar-refractivity contribution in [3.63, 3.8) is 0 Å². The summed E-state index contributed by atoms with van der Waals surface area (Å²) in [5.74, 6) is 0. The van der Waals surface area contributed by atoms with Crippen LogP contribution in [0.2, 0.25) is 0 Å².